The van der Waals surface area contributed by atoms with Crippen LogP contribution in [0.1, 0.15) is 13.8 Å². The Morgan fingerprint density at radius 1 is 1.11 bits per heavy atom. The molecule has 1 amide bonds. The van der Waals surface area contributed by atoms with Crippen LogP contribution in [-0.2, 0) is 14.8 Å². The Labute approximate surface area is 157 Å². The molecule has 0 fully saturated rings. The van der Waals surface area contributed by atoms with E-state index in [1.54, 1.807) is 13.8 Å². The summed E-state index contributed by atoms with van der Waals surface area (Å²) in [4.78, 5) is 12.0. The number of benzene rings is 2. The lowest BCUT2D eigenvalue weighted by atomic mass is 10.3. The van der Waals surface area contributed by atoms with E-state index in [1.807, 2.05) is 0 Å². The largest absolute Gasteiger partial charge is 0.376 e. The second-order valence-corrected chi connectivity index (χ2v) is 8.16. The van der Waals surface area contributed by atoms with Crippen molar-refractivity contribution in [1.29, 1.82) is 0 Å². The first-order valence-corrected chi connectivity index (χ1v) is 9.62. The summed E-state index contributed by atoms with van der Waals surface area (Å²) >= 11 is 0. The molecular weight excluding hydrogens is 376 g/mol. The Morgan fingerprint density at radius 3 is 2.30 bits per heavy atom. The van der Waals surface area contributed by atoms with Crippen molar-refractivity contribution >= 4 is 27.3 Å². The van der Waals surface area contributed by atoms with Crippen molar-refractivity contribution in [3.05, 3.63) is 54.1 Å². The van der Waals surface area contributed by atoms with Gasteiger partial charge in [0.2, 0.25) is 15.9 Å². The summed E-state index contributed by atoms with van der Waals surface area (Å²) in [5, 5.41) is 5.13. The van der Waals surface area contributed by atoms with Gasteiger partial charge in [-0.2, -0.15) is 4.31 Å². The third-order valence-electron chi connectivity index (χ3n) is 3.92. The average molecular weight is 397 g/mol. The molecule has 0 aliphatic heterocycles. The van der Waals surface area contributed by atoms with Gasteiger partial charge in [0.1, 0.15) is 11.6 Å². The molecule has 146 valence electrons. The highest BCUT2D eigenvalue weighted by Crippen LogP contribution is 2.19. The fraction of sp³-hybridized carbons (Fsp3) is 0.278. The molecule has 2 aromatic carbocycles. The van der Waals surface area contributed by atoms with Gasteiger partial charge >= 0.3 is 0 Å². The van der Waals surface area contributed by atoms with Crippen molar-refractivity contribution in [2.75, 3.05) is 24.2 Å². The van der Waals surface area contributed by atoms with Crippen LogP contribution < -0.4 is 10.6 Å². The summed E-state index contributed by atoms with van der Waals surface area (Å²) in [6.07, 6.45) is 0. The molecule has 2 aromatic rings. The number of carbonyl (C=O) groups excluding carboxylic acids is 1. The number of amides is 1. The minimum atomic E-state index is -3.58. The third-order valence-corrected chi connectivity index (χ3v) is 5.96. The zero-order valence-corrected chi connectivity index (χ0v) is 16.0. The highest BCUT2D eigenvalue weighted by molar-refractivity contribution is 7.89. The van der Waals surface area contributed by atoms with Gasteiger partial charge in [0.15, 0.2) is 0 Å². The first kappa shape index (κ1) is 20.8. The number of sulfonamides is 1. The van der Waals surface area contributed by atoms with E-state index in [2.05, 4.69) is 10.6 Å². The monoisotopic (exact) mass is 397 g/mol. The molecule has 0 heterocycles. The van der Waals surface area contributed by atoms with E-state index in [9.17, 15) is 22.0 Å². The molecule has 0 aliphatic carbocycles. The van der Waals surface area contributed by atoms with Crippen molar-refractivity contribution in [2.24, 2.45) is 0 Å². The van der Waals surface area contributed by atoms with E-state index in [4.69, 9.17) is 0 Å². The van der Waals surface area contributed by atoms with Crippen molar-refractivity contribution in [3.63, 3.8) is 0 Å². The van der Waals surface area contributed by atoms with E-state index >= 15 is 0 Å². The number of hydrogen-bond acceptors (Lipinski definition) is 4. The maximum absolute atomic E-state index is 13.5. The highest BCUT2D eigenvalue weighted by Gasteiger charge is 2.22. The van der Waals surface area contributed by atoms with Gasteiger partial charge in [-0.25, -0.2) is 17.2 Å². The smallest absolute Gasteiger partial charge is 0.243 e. The number of rotatable bonds is 7. The summed E-state index contributed by atoms with van der Waals surface area (Å²) in [5.74, 6) is -2.13. The molecule has 2 N–H and O–H groups in total. The summed E-state index contributed by atoms with van der Waals surface area (Å²) in [5.41, 5.74) is 0.400. The first-order valence-electron chi connectivity index (χ1n) is 8.18. The molecule has 0 unspecified atom stereocenters. The number of carbonyl (C=O) groups is 1. The molecule has 27 heavy (non-hydrogen) atoms. The van der Waals surface area contributed by atoms with Gasteiger partial charge in [0, 0.05) is 24.8 Å². The minimum absolute atomic E-state index is 0.124. The maximum Gasteiger partial charge on any atom is 0.243 e. The average Bonchev–Trinajstić information content (AvgIpc) is 2.62. The van der Waals surface area contributed by atoms with Crippen LogP contribution in [0.3, 0.4) is 0 Å². The van der Waals surface area contributed by atoms with Crippen LogP contribution >= 0.6 is 0 Å². The third kappa shape index (κ3) is 5.24. The lowest BCUT2D eigenvalue weighted by Crippen LogP contribution is -2.33. The summed E-state index contributed by atoms with van der Waals surface area (Å²) in [7, 11) is -2.08. The maximum atomic E-state index is 13.5. The number of nitrogens with zero attached hydrogens (tertiary/aromatic N) is 1. The van der Waals surface area contributed by atoms with Crippen LogP contribution in [0.2, 0.25) is 0 Å². The molecule has 0 aliphatic rings. The van der Waals surface area contributed by atoms with Gasteiger partial charge in [-0.1, -0.05) is 0 Å². The van der Waals surface area contributed by atoms with Crippen molar-refractivity contribution in [2.45, 2.75) is 24.8 Å². The number of nitrogens with one attached hydrogen (secondary N) is 2. The summed E-state index contributed by atoms with van der Waals surface area (Å²) < 4.78 is 52.4. The van der Waals surface area contributed by atoms with Crippen molar-refractivity contribution in [1.82, 2.24) is 4.31 Å². The molecule has 0 radical (unpaired) electrons. The number of halogens is 2. The fourth-order valence-electron chi connectivity index (χ4n) is 2.16. The zero-order chi connectivity index (χ0) is 20.2. The molecule has 9 heteroatoms. The van der Waals surface area contributed by atoms with Crippen LogP contribution in [0.15, 0.2) is 47.4 Å². The number of hydrogen-bond donors (Lipinski definition) is 2. The molecule has 0 spiro atoms. The molecule has 2 rings (SSSR count). The lowest BCUT2D eigenvalue weighted by Gasteiger charge is -2.21. The van der Waals surface area contributed by atoms with E-state index in [0.29, 0.717) is 11.8 Å². The Hall–Kier alpha value is -2.52. The van der Waals surface area contributed by atoms with Gasteiger partial charge in [0.25, 0.3) is 0 Å². The molecule has 0 bridgehead atoms. The van der Waals surface area contributed by atoms with Crippen LogP contribution in [-0.4, -0.2) is 38.3 Å². The second-order valence-electron chi connectivity index (χ2n) is 6.17. The Bertz CT molecular complexity index is 916. The predicted molar refractivity (Wildman–Crippen MR) is 100 cm³/mol. The summed E-state index contributed by atoms with van der Waals surface area (Å²) in [6.45, 7) is 3.38. The second kappa shape index (κ2) is 8.45. The molecule has 0 saturated heterocycles. The Kier molecular flexibility index (Phi) is 6.50. The van der Waals surface area contributed by atoms with E-state index < -0.39 is 27.6 Å². The van der Waals surface area contributed by atoms with Gasteiger partial charge in [0.05, 0.1) is 17.1 Å². The van der Waals surface area contributed by atoms with Gasteiger partial charge < -0.3 is 10.6 Å². The van der Waals surface area contributed by atoms with Crippen molar-refractivity contribution in [3.8, 4) is 0 Å². The van der Waals surface area contributed by atoms with Crippen LogP contribution in [0.4, 0.5) is 20.2 Å². The van der Waals surface area contributed by atoms with Crippen LogP contribution in [0.5, 0.6) is 0 Å². The molecule has 0 saturated carbocycles. The topological polar surface area (TPSA) is 78.5 Å². The quantitative estimate of drug-likeness (QED) is 0.753. The lowest BCUT2D eigenvalue weighted by molar-refractivity contribution is -0.114. The molecular formula is C18H21F2N3O3S. The van der Waals surface area contributed by atoms with Crippen LogP contribution in [0, 0.1) is 11.6 Å². The predicted octanol–water partition coefficient (Wildman–Crippen LogP) is 3.04. The molecule has 0 aromatic heterocycles. The standard InChI is InChI=1S/C18H21F2N3O3S/c1-12(2)23(3)27(25,26)15-7-5-14(6-8-15)21-11-18(24)22-17-9-4-13(19)10-16(17)20/h4-10,12,21H,11H2,1-3H3,(H,22,24). The fourth-order valence-corrected chi connectivity index (χ4v) is 3.52. The molecule has 6 nitrogen and oxygen atoms in total. The summed E-state index contributed by atoms with van der Waals surface area (Å²) in [6, 6.07) is 8.62. The Morgan fingerprint density at radius 2 is 1.74 bits per heavy atom. The van der Waals surface area contributed by atoms with Crippen LogP contribution in [0.25, 0.3) is 0 Å². The Balaban J connectivity index is 1.98. The zero-order valence-electron chi connectivity index (χ0n) is 15.2. The van der Waals surface area contributed by atoms with E-state index in [1.165, 1.54) is 35.6 Å². The molecule has 0 atom stereocenters. The number of anilines is 2. The first-order chi connectivity index (χ1) is 12.6. The SMILES string of the molecule is CC(C)N(C)S(=O)(=O)c1ccc(NCC(=O)Nc2ccc(F)cc2F)cc1. The van der Waals surface area contributed by atoms with E-state index in [0.717, 1.165) is 12.1 Å². The van der Waals surface area contributed by atoms with E-state index in [-0.39, 0.29) is 23.2 Å². The van der Waals surface area contributed by atoms with Crippen molar-refractivity contribution < 1.29 is 22.0 Å². The minimum Gasteiger partial charge on any atom is -0.376 e. The highest BCUT2D eigenvalue weighted by atomic mass is 32.2. The normalized spacial score (nSPS) is 11.7. The van der Waals surface area contributed by atoms with Gasteiger partial charge in [-0.05, 0) is 50.2 Å². The van der Waals surface area contributed by atoms with Gasteiger partial charge in [-0.15, -0.1) is 0 Å². The van der Waals surface area contributed by atoms with Gasteiger partial charge in [-0.3, -0.25) is 4.79 Å².